The molecule has 0 saturated carbocycles. The van der Waals surface area contributed by atoms with Crippen molar-refractivity contribution >= 4 is 0 Å². The maximum Gasteiger partial charge on any atom is 0.244 e. The van der Waals surface area contributed by atoms with Gasteiger partial charge in [-0.25, -0.2) is 4.39 Å². The molecule has 106 valence electrons. The Morgan fingerprint density at radius 1 is 1.50 bits per heavy atom. The summed E-state index contributed by atoms with van der Waals surface area (Å²) in [4.78, 5) is 4.27. The summed E-state index contributed by atoms with van der Waals surface area (Å²) in [6.45, 7) is 0.507. The van der Waals surface area contributed by atoms with Crippen LogP contribution in [0.15, 0.2) is 22.7 Å². The number of methoxy groups -OCH3 is 1. The van der Waals surface area contributed by atoms with Crippen LogP contribution in [0.1, 0.15) is 18.4 Å². The van der Waals surface area contributed by atoms with E-state index >= 15 is 0 Å². The van der Waals surface area contributed by atoms with E-state index in [9.17, 15) is 9.50 Å². The molecule has 0 radical (unpaired) electrons. The number of ether oxygens (including phenoxy) is 1. The molecule has 2 unspecified atom stereocenters. The monoisotopic (exact) mass is 279 g/mol. The SMILES string of the molecule is COc1cc(-c2noc(C3CC(O)CN3)n2)ccc1F. The Hall–Kier alpha value is -1.99. The van der Waals surface area contributed by atoms with E-state index in [1.54, 1.807) is 6.07 Å². The molecule has 20 heavy (non-hydrogen) atoms. The van der Waals surface area contributed by atoms with Crippen molar-refractivity contribution in [2.24, 2.45) is 0 Å². The number of nitrogens with zero attached hydrogens (tertiary/aromatic N) is 2. The van der Waals surface area contributed by atoms with E-state index in [2.05, 4.69) is 15.5 Å². The fraction of sp³-hybridized carbons (Fsp3) is 0.385. The lowest BCUT2D eigenvalue weighted by Crippen LogP contribution is -2.15. The van der Waals surface area contributed by atoms with Crippen LogP contribution in [-0.2, 0) is 0 Å². The number of nitrogens with one attached hydrogen (secondary N) is 1. The molecule has 3 rings (SSSR count). The number of hydrogen-bond donors (Lipinski definition) is 2. The fourth-order valence-corrected chi connectivity index (χ4v) is 2.20. The highest BCUT2D eigenvalue weighted by Gasteiger charge is 2.28. The van der Waals surface area contributed by atoms with Crippen LogP contribution in [0.2, 0.25) is 0 Å². The molecule has 1 aliphatic rings. The van der Waals surface area contributed by atoms with Crippen LogP contribution in [0.4, 0.5) is 4.39 Å². The van der Waals surface area contributed by atoms with Gasteiger partial charge in [0.25, 0.3) is 0 Å². The zero-order valence-corrected chi connectivity index (χ0v) is 10.8. The van der Waals surface area contributed by atoms with Gasteiger partial charge in [0.2, 0.25) is 11.7 Å². The van der Waals surface area contributed by atoms with E-state index in [1.165, 1.54) is 19.2 Å². The molecule has 6 nitrogen and oxygen atoms in total. The average molecular weight is 279 g/mol. The zero-order chi connectivity index (χ0) is 14.1. The molecular formula is C13H14FN3O3. The average Bonchev–Trinajstić information content (AvgIpc) is 3.08. The van der Waals surface area contributed by atoms with Crippen LogP contribution in [0.5, 0.6) is 5.75 Å². The number of hydrogen-bond acceptors (Lipinski definition) is 6. The predicted octanol–water partition coefficient (Wildman–Crippen LogP) is 1.28. The van der Waals surface area contributed by atoms with E-state index in [0.29, 0.717) is 30.2 Å². The summed E-state index contributed by atoms with van der Waals surface area (Å²) in [6, 6.07) is 4.22. The quantitative estimate of drug-likeness (QED) is 0.881. The van der Waals surface area contributed by atoms with Gasteiger partial charge in [-0.2, -0.15) is 4.98 Å². The number of aromatic nitrogens is 2. The van der Waals surface area contributed by atoms with Crippen LogP contribution in [0.25, 0.3) is 11.4 Å². The van der Waals surface area contributed by atoms with Crippen LogP contribution in [-0.4, -0.2) is 35.0 Å². The van der Waals surface area contributed by atoms with Gasteiger partial charge >= 0.3 is 0 Å². The summed E-state index contributed by atoms with van der Waals surface area (Å²) in [6.07, 6.45) is 0.134. The number of aliphatic hydroxyl groups excluding tert-OH is 1. The van der Waals surface area contributed by atoms with Crippen molar-refractivity contribution in [2.45, 2.75) is 18.6 Å². The number of β-amino-alcohol motifs (C(OH)–C–C–N with tert-alkyl or cyclic N) is 1. The van der Waals surface area contributed by atoms with Gasteiger partial charge < -0.3 is 19.7 Å². The highest BCUT2D eigenvalue weighted by atomic mass is 19.1. The van der Waals surface area contributed by atoms with Gasteiger partial charge in [0.05, 0.1) is 19.3 Å². The Morgan fingerprint density at radius 2 is 2.35 bits per heavy atom. The summed E-state index contributed by atoms with van der Waals surface area (Å²) < 4.78 is 23.5. The summed E-state index contributed by atoms with van der Waals surface area (Å²) >= 11 is 0. The van der Waals surface area contributed by atoms with Gasteiger partial charge in [-0.1, -0.05) is 5.16 Å². The first-order valence-electron chi connectivity index (χ1n) is 6.26. The van der Waals surface area contributed by atoms with Crippen LogP contribution < -0.4 is 10.1 Å². The number of halogens is 1. The topological polar surface area (TPSA) is 80.4 Å². The number of aliphatic hydroxyl groups is 1. The first-order chi connectivity index (χ1) is 9.67. The van der Waals surface area contributed by atoms with Gasteiger partial charge in [-0.05, 0) is 24.6 Å². The molecule has 7 heteroatoms. The van der Waals surface area contributed by atoms with Crippen molar-refractivity contribution in [1.29, 1.82) is 0 Å². The second kappa shape index (κ2) is 5.18. The lowest BCUT2D eigenvalue weighted by atomic mass is 10.2. The van der Waals surface area contributed by atoms with Crippen LogP contribution in [0, 0.1) is 5.82 Å². The second-order valence-electron chi connectivity index (χ2n) is 4.66. The van der Waals surface area contributed by atoms with Crippen molar-refractivity contribution < 1.29 is 18.8 Å². The highest BCUT2D eigenvalue weighted by Crippen LogP contribution is 2.27. The largest absolute Gasteiger partial charge is 0.494 e. The molecular weight excluding hydrogens is 265 g/mol. The van der Waals surface area contributed by atoms with Gasteiger partial charge in [0.1, 0.15) is 0 Å². The third kappa shape index (κ3) is 2.37. The second-order valence-corrected chi connectivity index (χ2v) is 4.66. The lowest BCUT2D eigenvalue weighted by Gasteiger charge is -2.03. The standard InChI is InChI=1S/C13H14FN3O3/c1-19-11-4-7(2-3-9(11)14)12-16-13(20-17-12)10-5-8(18)6-15-10/h2-4,8,10,15,18H,5-6H2,1H3. The molecule has 1 aliphatic heterocycles. The maximum atomic E-state index is 13.4. The first kappa shape index (κ1) is 13.0. The van der Waals surface area contributed by atoms with E-state index in [1.807, 2.05) is 0 Å². The van der Waals surface area contributed by atoms with Crippen molar-refractivity contribution in [3.8, 4) is 17.1 Å². The van der Waals surface area contributed by atoms with E-state index in [4.69, 9.17) is 9.26 Å². The first-order valence-corrected chi connectivity index (χ1v) is 6.26. The maximum absolute atomic E-state index is 13.4. The molecule has 1 aromatic heterocycles. The normalized spacial score (nSPS) is 22.1. The van der Waals surface area contributed by atoms with Crippen LogP contribution in [0.3, 0.4) is 0 Å². The van der Waals surface area contributed by atoms with Crippen molar-refractivity contribution in [2.75, 3.05) is 13.7 Å². The molecule has 1 aromatic carbocycles. The highest BCUT2D eigenvalue weighted by molar-refractivity contribution is 5.57. The Morgan fingerprint density at radius 3 is 3.05 bits per heavy atom. The summed E-state index contributed by atoms with van der Waals surface area (Å²) in [7, 11) is 1.40. The molecule has 1 saturated heterocycles. The molecule has 0 bridgehead atoms. The molecule has 2 aromatic rings. The zero-order valence-electron chi connectivity index (χ0n) is 10.8. The van der Waals surface area contributed by atoms with Crippen molar-refractivity contribution in [1.82, 2.24) is 15.5 Å². The third-order valence-corrected chi connectivity index (χ3v) is 3.26. The fourth-order valence-electron chi connectivity index (χ4n) is 2.20. The van der Waals surface area contributed by atoms with E-state index < -0.39 is 11.9 Å². The van der Waals surface area contributed by atoms with Gasteiger partial charge in [0.15, 0.2) is 11.6 Å². The van der Waals surface area contributed by atoms with E-state index in [-0.39, 0.29) is 11.8 Å². The molecule has 0 amide bonds. The minimum atomic E-state index is -0.444. The van der Waals surface area contributed by atoms with Gasteiger partial charge in [0, 0.05) is 12.1 Å². The molecule has 0 aliphatic carbocycles. The summed E-state index contributed by atoms with van der Waals surface area (Å²) in [5.74, 6) is 0.463. The molecule has 1 fully saturated rings. The van der Waals surface area contributed by atoms with Gasteiger partial charge in [-0.3, -0.25) is 0 Å². The van der Waals surface area contributed by atoms with E-state index in [0.717, 1.165) is 0 Å². The number of rotatable bonds is 3. The molecule has 2 atom stereocenters. The molecule has 2 N–H and O–H groups in total. The Labute approximate surface area is 114 Å². The Kier molecular flexibility index (Phi) is 3.37. The minimum absolute atomic E-state index is 0.128. The minimum Gasteiger partial charge on any atom is -0.494 e. The molecule has 2 heterocycles. The third-order valence-electron chi connectivity index (χ3n) is 3.26. The smallest absolute Gasteiger partial charge is 0.244 e. The predicted molar refractivity (Wildman–Crippen MR) is 67.6 cm³/mol. The summed E-state index contributed by atoms with van der Waals surface area (Å²) in [5, 5.41) is 16.4. The van der Waals surface area contributed by atoms with Crippen molar-refractivity contribution in [3.05, 3.63) is 29.9 Å². The summed E-state index contributed by atoms with van der Waals surface area (Å²) in [5.41, 5.74) is 0.608. The van der Waals surface area contributed by atoms with Crippen LogP contribution >= 0.6 is 0 Å². The van der Waals surface area contributed by atoms with Gasteiger partial charge in [-0.15, -0.1) is 0 Å². The Bertz CT molecular complexity index is 617. The molecule has 0 spiro atoms. The number of benzene rings is 1. The van der Waals surface area contributed by atoms with Crippen molar-refractivity contribution in [3.63, 3.8) is 0 Å². The Balaban J connectivity index is 1.86. The lowest BCUT2D eigenvalue weighted by molar-refractivity contribution is 0.191.